The van der Waals surface area contributed by atoms with E-state index >= 15 is 0 Å². The molecule has 1 unspecified atom stereocenters. The second-order valence-corrected chi connectivity index (χ2v) is 5.37. The van der Waals surface area contributed by atoms with E-state index in [1.807, 2.05) is 6.92 Å². The van der Waals surface area contributed by atoms with E-state index in [1.165, 1.54) is 5.56 Å². The number of hydrogen-bond donors (Lipinski definition) is 0. The second-order valence-electron chi connectivity index (χ2n) is 5.37. The van der Waals surface area contributed by atoms with Crippen molar-refractivity contribution in [1.29, 1.82) is 0 Å². The van der Waals surface area contributed by atoms with Crippen LogP contribution in [0.15, 0.2) is 42.7 Å². The molecule has 2 aromatic rings. The van der Waals surface area contributed by atoms with E-state index in [0.29, 0.717) is 6.04 Å². The Hall–Kier alpha value is -1.94. The van der Waals surface area contributed by atoms with Gasteiger partial charge in [0.15, 0.2) is 0 Å². The summed E-state index contributed by atoms with van der Waals surface area (Å²) >= 11 is 0. The Bertz CT molecular complexity index is 570. The van der Waals surface area contributed by atoms with Crippen molar-refractivity contribution in [3.63, 3.8) is 0 Å². The van der Waals surface area contributed by atoms with Gasteiger partial charge in [0.1, 0.15) is 12.1 Å². The molecule has 0 saturated carbocycles. The van der Waals surface area contributed by atoms with Gasteiger partial charge in [-0.15, -0.1) is 0 Å². The van der Waals surface area contributed by atoms with Gasteiger partial charge in [0, 0.05) is 31.4 Å². The van der Waals surface area contributed by atoms with Crippen molar-refractivity contribution in [3.8, 4) is 0 Å². The number of piperazine rings is 1. The molecule has 104 valence electrons. The van der Waals surface area contributed by atoms with Gasteiger partial charge in [0.2, 0.25) is 0 Å². The van der Waals surface area contributed by atoms with Crippen molar-refractivity contribution >= 4 is 5.82 Å². The topological polar surface area (TPSA) is 32.3 Å². The third-order valence-electron chi connectivity index (χ3n) is 3.95. The van der Waals surface area contributed by atoms with Gasteiger partial charge in [-0.1, -0.05) is 30.3 Å². The molecule has 1 aliphatic heterocycles. The van der Waals surface area contributed by atoms with Crippen LogP contribution in [0.25, 0.3) is 0 Å². The predicted octanol–water partition coefficient (Wildman–Crippen LogP) is 2.28. The summed E-state index contributed by atoms with van der Waals surface area (Å²) in [6, 6.07) is 13.2. The summed E-state index contributed by atoms with van der Waals surface area (Å²) in [4.78, 5) is 13.4. The highest BCUT2D eigenvalue weighted by Gasteiger charge is 2.26. The van der Waals surface area contributed by atoms with Crippen molar-refractivity contribution in [3.05, 3.63) is 54.0 Å². The Labute approximate surface area is 120 Å². The number of aromatic nitrogens is 2. The number of anilines is 1. The zero-order valence-corrected chi connectivity index (χ0v) is 12.0. The molecule has 0 N–H and O–H groups in total. The monoisotopic (exact) mass is 268 g/mol. The maximum Gasteiger partial charge on any atom is 0.132 e. The minimum absolute atomic E-state index is 0.417. The highest BCUT2D eigenvalue weighted by molar-refractivity contribution is 5.40. The van der Waals surface area contributed by atoms with Gasteiger partial charge < -0.3 is 4.90 Å². The fourth-order valence-electron chi connectivity index (χ4n) is 2.73. The number of benzene rings is 1. The molecule has 2 heterocycles. The van der Waals surface area contributed by atoms with E-state index in [1.54, 1.807) is 6.33 Å². The van der Waals surface area contributed by atoms with Crippen molar-refractivity contribution < 1.29 is 0 Å². The minimum atomic E-state index is 0.417. The lowest BCUT2D eigenvalue weighted by atomic mass is 10.0. The fourth-order valence-corrected chi connectivity index (χ4v) is 2.73. The van der Waals surface area contributed by atoms with Crippen LogP contribution < -0.4 is 4.90 Å². The molecule has 1 aromatic carbocycles. The molecular weight excluding hydrogens is 248 g/mol. The van der Waals surface area contributed by atoms with Gasteiger partial charge in [-0.3, -0.25) is 4.90 Å². The van der Waals surface area contributed by atoms with Crippen molar-refractivity contribution in [2.75, 3.05) is 31.6 Å². The quantitative estimate of drug-likeness (QED) is 0.836. The molecule has 1 atom stereocenters. The molecule has 1 aliphatic rings. The predicted molar refractivity (Wildman–Crippen MR) is 80.8 cm³/mol. The number of aryl methyl sites for hydroxylation is 1. The molecule has 4 heteroatoms. The largest absolute Gasteiger partial charge is 0.353 e. The third-order valence-corrected chi connectivity index (χ3v) is 3.95. The van der Waals surface area contributed by atoms with E-state index in [0.717, 1.165) is 31.1 Å². The number of nitrogens with zero attached hydrogens (tertiary/aromatic N) is 4. The summed E-state index contributed by atoms with van der Waals surface area (Å²) in [5.74, 6) is 1.03. The smallest absolute Gasteiger partial charge is 0.132 e. The summed E-state index contributed by atoms with van der Waals surface area (Å²) < 4.78 is 0. The highest BCUT2D eigenvalue weighted by atomic mass is 15.3. The second kappa shape index (κ2) is 5.59. The average molecular weight is 268 g/mol. The summed E-state index contributed by atoms with van der Waals surface area (Å²) in [5, 5.41) is 0. The first-order chi connectivity index (χ1) is 9.74. The SMILES string of the molecule is Cc1cc(N2CCN(C)C(c3ccccc3)C2)ncn1. The molecule has 0 bridgehead atoms. The van der Waals surface area contributed by atoms with Crippen LogP contribution in [-0.4, -0.2) is 41.5 Å². The molecule has 3 rings (SSSR count). The van der Waals surface area contributed by atoms with E-state index in [-0.39, 0.29) is 0 Å². The van der Waals surface area contributed by atoms with Crippen molar-refractivity contribution in [2.24, 2.45) is 0 Å². The Morgan fingerprint density at radius 3 is 2.65 bits per heavy atom. The van der Waals surface area contributed by atoms with Crippen LogP contribution in [0.5, 0.6) is 0 Å². The van der Waals surface area contributed by atoms with Crippen molar-refractivity contribution in [1.82, 2.24) is 14.9 Å². The van der Waals surface area contributed by atoms with E-state index in [2.05, 4.69) is 63.2 Å². The molecule has 1 fully saturated rings. The van der Waals surface area contributed by atoms with Crippen LogP contribution >= 0.6 is 0 Å². The number of rotatable bonds is 2. The first-order valence-electron chi connectivity index (χ1n) is 7.03. The number of likely N-dealkylation sites (N-methyl/N-ethyl adjacent to an activating group) is 1. The van der Waals surface area contributed by atoms with Crippen LogP contribution in [0.4, 0.5) is 5.82 Å². The molecule has 0 spiro atoms. The van der Waals surface area contributed by atoms with Gasteiger partial charge >= 0.3 is 0 Å². The van der Waals surface area contributed by atoms with Crippen LogP contribution in [-0.2, 0) is 0 Å². The van der Waals surface area contributed by atoms with Gasteiger partial charge in [-0.2, -0.15) is 0 Å². The molecule has 4 nitrogen and oxygen atoms in total. The Balaban J connectivity index is 1.83. The minimum Gasteiger partial charge on any atom is -0.353 e. The van der Waals surface area contributed by atoms with Gasteiger partial charge in [0.05, 0.1) is 6.04 Å². The van der Waals surface area contributed by atoms with Crippen molar-refractivity contribution in [2.45, 2.75) is 13.0 Å². The van der Waals surface area contributed by atoms with Gasteiger partial charge in [-0.05, 0) is 19.5 Å². The Kier molecular flexibility index (Phi) is 3.65. The van der Waals surface area contributed by atoms with E-state index in [9.17, 15) is 0 Å². The molecule has 1 aromatic heterocycles. The van der Waals surface area contributed by atoms with E-state index in [4.69, 9.17) is 0 Å². The maximum atomic E-state index is 4.41. The zero-order chi connectivity index (χ0) is 13.9. The summed E-state index contributed by atoms with van der Waals surface area (Å²) in [6.45, 7) is 5.03. The third kappa shape index (κ3) is 2.65. The summed E-state index contributed by atoms with van der Waals surface area (Å²) in [6.07, 6.45) is 1.65. The van der Waals surface area contributed by atoms with Crippen LogP contribution in [0.3, 0.4) is 0 Å². The molecule has 1 saturated heterocycles. The molecular formula is C16H20N4. The average Bonchev–Trinajstić information content (AvgIpc) is 2.48. The van der Waals surface area contributed by atoms with E-state index < -0.39 is 0 Å². The van der Waals surface area contributed by atoms with Crippen LogP contribution in [0, 0.1) is 6.92 Å². The molecule has 20 heavy (non-hydrogen) atoms. The number of hydrogen-bond acceptors (Lipinski definition) is 4. The Morgan fingerprint density at radius 1 is 1.10 bits per heavy atom. The molecule has 0 amide bonds. The molecule has 0 aliphatic carbocycles. The maximum absolute atomic E-state index is 4.41. The summed E-state index contributed by atoms with van der Waals surface area (Å²) in [7, 11) is 2.19. The first kappa shape index (κ1) is 13.1. The lowest BCUT2D eigenvalue weighted by Gasteiger charge is -2.40. The van der Waals surface area contributed by atoms with Gasteiger partial charge in [0.25, 0.3) is 0 Å². The molecule has 0 radical (unpaired) electrons. The normalized spacial score (nSPS) is 20.1. The first-order valence-corrected chi connectivity index (χ1v) is 7.03. The van der Waals surface area contributed by atoms with Gasteiger partial charge in [-0.25, -0.2) is 9.97 Å². The zero-order valence-electron chi connectivity index (χ0n) is 12.0. The Morgan fingerprint density at radius 2 is 1.90 bits per heavy atom. The lowest BCUT2D eigenvalue weighted by molar-refractivity contribution is 0.220. The fraction of sp³-hybridized carbons (Fsp3) is 0.375. The standard InChI is InChI=1S/C16H20N4/c1-13-10-16(18-12-17-13)20-9-8-19(2)15(11-20)14-6-4-3-5-7-14/h3-7,10,12,15H,8-9,11H2,1-2H3. The van der Waals surface area contributed by atoms with Crippen LogP contribution in [0.1, 0.15) is 17.3 Å². The van der Waals surface area contributed by atoms with Crippen LogP contribution in [0.2, 0.25) is 0 Å². The lowest BCUT2D eigenvalue weighted by Crippen LogP contribution is -2.47. The highest BCUT2D eigenvalue weighted by Crippen LogP contribution is 2.26. The summed E-state index contributed by atoms with van der Waals surface area (Å²) in [5.41, 5.74) is 2.38.